The second-order valence-electron chi connectivity index (χ2n) is 2.65. The molecule has 1 N–H and O–H groups in total. The highest BCUT2D eigenvalue weighted by Gasteiger charge is 2.08. The topological polar surface area (TPSA) is 15.3 Å². The zero-order chi connectivity index (χ0) is 12.1. The summed E-state index contributed by atoms with van der Waals surface area (Å²) in [6.07, 6.45) is 4.03. The van der Waals surface area contributed by atoms with Crippen molar-refractivity contribution in [2.45, 2.75) is 34.6 Å². The van der Waals surface area contributed by atoms with Crippen LogP contribution >= 0.6 is 0 Å². The minimum absolute atomic E-state index is 1.09. The van der Waals surface area contributed by atoms with E-state index in [-0.39, 0.29) is 0 Å². The zero-order valence-corrected chi connectivity index (χ0v) is 11.1. The van der Waals surface area contributed by atoms with Gasteiger partial charge in [-0.1, -0.05) is 40.3 Å². The molecule has 0 saturated carbocycles. The molecule has 2 heteroatoms. The molecular formula is C13H28N2. The third-order valence-electron chi connectivity index (χ3n) is 1.99. The number of rotatable bonds is 2. The maximum atomic E-state index is 3.78. The minimum Gasteiger partial charge on any atom is -0.369 e. The number of hydrogen-bond acceptors (Lipinski definition) is 2. The second-order valence-corrected chi connectivity index (χ2v) is 2.65. The van der Waals surface area contributed by atoms with Gasteiger partial charge in [-0.3, -0.25) is 0 Å². The van der Waals surface area contributed by atoms with Crippen molar-refractivity contribution in [3.05, 3.63) is 24.4 Å². The summed E-state index contributed by atoms with van der Waals surface area (Å²) in [4.78, 5) is 2.35. The van der Waals surface area contributed by atoms with Crippen molar-refractivity contribution in [3.8, 4) is 0 Å². The van der Waals surface area contributed by atoms with Crippen molar-refractivity contribution in [2.24, 2.45) is 0 Å². The average Bonchev–Trinajstić information content (AvgIpc) is 2.37. The highest BCUT2D eigenvalue weighted by atomic mass is 15.2. The molecule has 0 amide bonds. The van der Waals surface area contributed by atoms with Crippen LogP contribution in [0.3, 0.4) is 0 Å². The van der Waals surface area contributed by atoms with E-state index in [9.17, 15) is 0 Å². The van der Waals surface area contributed by atoms with Crippen LogP contribution in [0.25, 0.3) is 0 Å². The molecule has 0 aliphatic carbocycles. The number of allylic oxidation sites excluding steroid dienone is 2. The smallest absolute Gasteiger partial charge is 0.0317 e. The molecule has 90 valence electrons. The summed E-state index contributed by atoms with van der Waals surface area (Å²) in [5, 5.41) is 3.31. The van der Waals surface area contributed by atoms with E-state index in [0.29, 0.717) is 0 Å². The molecule has 1 rings (SSSR count). The van der Waals surface area contributed by atoms with E-state index in [4.69, 9.17) is 0 Å². The van der Waals surface area contributed by atoms with Gasteiger partial charge in [-0.2, -0.15) is 0 Å². The fourth-order valence-electron chi connectivity index (χ4n) is 1.35. The van der Waals surface area contributed by atoms with Crippen molar-refractivity contribution in [1.29, 1.82) is 0 Å². The summed E-state index contributed by atoms with van der Waals surface area (Å²) >= 11 is 0. The normalized spacial score (nSPS) is 15.5. The van der Waals surface area contributed by atoms with Gasteiger partial charge < -0.3 is 10.2 Å². The van der Waals surface area contributed by atoms with Crippen LogP contribution in [0.4, 0.5) is 0 Å². The number of piperazine rings is 1. The van der Waals surface area contributed by atoms with Gasteiger partial charge in [0.1, 0.15) is 0 Å². The third kappa shape index (κ3) is 7.20. The monoisotopic (exact) mass is 212 g/mol. The van der Waals surface area contributed by atoms with Gasteiger partial charge in [-0.05, 0) is 13.0 Å². The number of nitrogens with zero attached hydrogens (tertiary/aromatic N) is 1. The number of hydrogen-bond donors (Lipinski definition) is 1. The van der Waals surface area contributed by atoms with Crippen molar-refractivity contribution >= 4 is 0 Å². The Labute approximate surface area is 96.1 Å². The third-order valence-corrected chi connectivity index (χ3v) is 1.99. The maximum absolute atomic E-state index is 3.78. The fraction of sp³-hybridized carbons (Fsp3) is 0.692. The Morgan fingerprint density at radius 2 is 1.60 bits per heavy atom. The van der Waals surface area contributed by atoms with Crippen LogP contribution in [0.1, 0.15) is 34.6 Å². The first-order valence-electron chi connectivity index (χ1n) is 6.13. The fourth-order valence-corrected chi connectivity index (χ4v) is 1.35. The Bertz CT molecular complexity index is 156. The van der Waals surface area contributed by atoms with Crippen molar-refractivity contribution in [2.75, 3.05) is 26.2 Å². The van der Waals surface area contributed by atoms with Crippen LogP contribution in [0, 0.1) is 0 Å². The summed E-state index contributed by atoms with van der Waals surface area (Å²) in [7, 11) is 0. The molecule has 0 aromatic rings. The highest BCUT2D eigenvalue weighted by Crippen LogP contribution is 2.05. The Morgan fingerprint density at radius 1 is 1.13 bits per heavy atom. The lowest BCUT2D eigenvalue weighted by molar-refractivity contribution is 0.307. The first-order chi connectivity index (χ1) is 7.38. The molecule has 1 heterocycles. The lowest BCUT2D eigenvalue weighted by Gasteiger charge is -2.30. The molecule has 0 aromatic heterocycles. The van der Waals surface area contributed by atoms with E-state index < -0.39 is 0 Å². The van der Waals surface area contributed by atoms with Gasteiger partial charge in [0, 0.05) is 31.9 Å². The second kappa shape index (κ2) is 13.2. The number of nitrogens with one attached hydrogen (secondary N) is 1. The molecule has 15 heavy (non-hydrogen) atoms. The van der Waals surface area contributed by atoms with Crippen molar-refractivity contribution in [1.82, 2.24) is 10.2 Å². The molecule has 0 aromatic carbocycles. The largest absolute Gasteiger partial charge is 0.369 e. The molecule has 0 atom stereocenters. The van der Waals surface area contributed by atoms with E-state index in [1.54, 1.807) is 0 Å². The standard InChI is InChI=1S/C9H16N2.2C2H6/c1-3-9(4-2)11-7-5-10-6-8-11;2*1-2/h3-4,10H,1,5-8H2,2H3;2*1-2H3/b9-4+;;. The van der Waals surface area contributed by atoms with E-state index in [1.807, 2.05) is 33.8 Å². The first-order valence-corrected chi connectivity index (χ1v) is 6.13. The average molecular weight is 212 g/mol. The van der Waals surface area contributed by atoms with E-state index in [1.165, 1.54) is 5.70 Å². The van der Waals surface area contributed by atoms with Crippen LogP contribution in [0.5, 0.6) is 0 Å². The molecule has 0 radical (unpaired) electrons. The molecule has 2 nitrogen and oxygen atoms in total. The summed E-state index contributed by atoms with van der Waals surface area (Å²) in [5.74, 6) is 0. The van der Waals surface area contributed by atoms with Gasteiger partial charge in [-0.25, -0.2) is 0 Å². The molecule has 1 aliphatic rings. The van der Waals surface area contributed by atoms with E-state index in [0.717, 1.165) is 26.2 Å². The summed E-state index contributed by atoms with van der Waals surface area (Å²) in [6.45, 7) is 18.2. The van der Waals surface area contributed by atoms with Crippen molar-refractivity contribution in [3.63, 3.8) is 0 Å². The van der Waals surface area contributed by atoms with Crippen LogP contribution < -0.4 is 5.32 Å². The molecule has 0 unspecified atom stereocenters. The van der Waals surface area contributed by atoms with Gasteiger partial charge in [0.2, 0.25) is 0 Å². The Balaban J connectivity index is 0. The van der Waals surface area contributed by atoms with Crippen LogP contribution in [0.2, 0.25) is 0 Å². The first kappa shape index (κ1) is 16.7. The van der Waals surface area contributed by atoms with Crippen LogP contribution in [-0.2, 0) is 0 Å². The van der Waals surface area contributed by atoms with Gasteiger partial charge in [-0.15, -0.1) is 0 Å². The molecule has 1 saturated heterocycles. The minimum atomic E-state index is 1.09. The molecule has 0 bridgehead atoms. The van der Waals surface area contributed by atoms with Crippen molar-refractivity contribution < 1.29 is 0 Å². The predicted octanol–water partition coefficient (Wildman–Crippen LogP) is 3.03. The van der Waals surface area contributed by atoms with Gasteiger partial charge in [0.05, 0.1) is 0 Å². The SMILES string of the molecule is C=C/C(=C\C)N1CCNCC1.CC.CC. The Morgan fingerprint density at radius 3 is 1.93 bits per heavy atom. The summed E-state index contributed by atoms with van der Waals surface area (Å²) in [6, 6.07) is 0. The lowest BCUT2D eigenvalue weighted by atomic mass is 10.3. The highest BCUT2D eigenvalue weighted by molar-refractivity contribution is 5.14. The molecular weight excluding hydrogens is 184 g/mol. The van der Waals surface area contributed by atoms with Crippen LogP contribution in [0.15, 0.2) is 24.4 Å². The quantitative estimate of drug-likeness (QED) is 0.708. The van der Waals surface area contributed by atoms with Crippen LogP contribution in [-0.4, -0.2) is 31.1 Å². The van der Waals surface area contributed by atoms with Gasteiger partial charge >= 0.3 is 0 Å². The van der Waals surface area contributed by atoms with Gasteiger partial charge in [0.15, 0.2) is 0 Å². The zero-order valence-electron chi connectivity index (χ0n) is 11.1. The Kier molecular flexibility index (Phi) is 14.7. The molecule has 0 spiro atoms. The summed E-state index contributed by atoms with van der Waals surface area (Å²) < 4.78 is 0. The molecule has 1 aliphatic heterocycles. The van der Waals surface area contributed by atoms with Gasteiger partial charge in [0.25, 0.3) is 0 Å². The maximum Gasteiger partial charge on any atom is 0.0317 e. The lowest BCUT2D eigenvalue weighted by Crippen LogP contribution is -2.42. The Hall–Kier alpha value is -0.760. The predicted molar refractivity (Wildman–Crippen MR) is 71.1 cm³/mol. The van der Waals surface area contributed by atoms with E-state index in [2.05, 4.69) is 29.8 Å². The molecule has 1 fully saturated rings. The van der Waals surface area contributed by atoms with E-state index >= 15 is 0 Å². The summed E-state index contributed by atoms with van der Waals surface area (Å²) in [5.41, 5.74) is 1.26.